The van der Waals surface area contributed by atoms with Gasteiger partial charge < -0.3 is 4.79 Å². The summed E-state index contributed by atoms with van der Waals surface area (Å²) in [5.41, 5.74) is 3.41. The molecule has 3 heteroatoms. The van der Waals surface area contributed by atoms with Crippen LogP contribution in [0.1, 0.15) is 20.8 Å². The zero-order chi connectivity index (χ0) is 11.3. The smallest absolute Gasteiger partial charge is 0.152 e. The second kappa shape index (κ2) is 4.94. The van der Waals surface area contributed by atoms with Crippen molar-refractivity contribution in [1.29, 1.82) is 0 Å². The van der Waals surface area contributed by atoms with Crippen LogP contribution in [0.25, 0.3) is 0 Å². The van der Waals surface area contributed by atoms with Crippen molar-refractivity contribution in [3.8, 4) is 0 Å². The molecule has 0 spiro atoms. The summed E-state index contributed by atoms with van der Waals surface area (Å²) in [5.74, 6) is 0. The van der Waals surface area contributed by atoms with Crippen LogP contribution in [0.4, 0.5) is 5.69 Å². The highest BCUT2D eigenvalue weighted by Crippen LogP contribution is 2.21. The Kier molecular flexibility index (Phi) is 3.86. The van der Waals surface area contributed by atoms with Gasteiger partial charge in [-0.3, -0.25) is 10.3 Å². The largest absolute Gasteiger partial charge is 0.300 e. The first-order valence-corrected chi connectivity index (χ1v) is 4.96. The summed E-state index contributed by atoms with van der Waals surface area (Å²) in [7, 11) is 0. The first-order chi connectivity index (χ1) is 7.04. The quantitative estimate of drug-likeness (QED) is 0.609. The molecule has 0 heterocycles. The summed E-state index contributed by atoms with van der Waals surface area (Å²) < 4.78 is 0. The molecule has 1 rings (SSSR count). The van der Waals surface area contributed by atoms with Crippen molar-refractivity contribution in [1.82, 2.24) is 0 Å². The molecule has 1 atom stereocenters. The zero-order valence-corrected chi connectivity index (χ0v) is 9.36. The van der Waals surface area contributed by atoms with E-state index in [1.165, 1.54) is 0 Å². The molecule has 0 bridgehead atoms. The van der Waals surface area contributed by atoms with Gasteiger partial charge >= 0.3 is 0 Å². The SMILES string of the molecule is CC(C)(C)[C@H](C=O)ONc1ccccc1. The van der Waals surface area contributed by atoms with E-state index >= 15 is 0 Å². The lowest BCUT2D eigenvalue weighted by Gasteiger charge is -2.25. The fourth-order valence-electron chi connectivity index (χ4n) is 1.05. The van der Waals surface area contributed by atoms with Gasteiger partial charge in [-0.15, -0.1) is 0 Å². The van der Waals surface area contributed by atoms with Gasteiger partial charge in [-0.2, -0.15) is 0 Å². The van der Waals surface area contributed by atoms with Crippen LogP contribution < -0.4 is 5.48 Å². The number of para-hydroxylation sites is 1. The second-order valence-corrected chi connectivity index (χ2v) is 4.51. The van der Waals surface area contributed by atoms with Crippen LogP contribution in [0.2, 0.25) is 0 Å². The van der Waals surface area contributed by atoms with Gasteiger partial charge in [-0.25, -0.2) is 0 Å². The molecule has 0 saturated carbocycles. The Morgan fingerprint density at radius 1 is 1.27 bits per heavy atom. The van der Waals surface area contributed by atoms with E-state index in [4.69, 9.17) is 4.84 Å². The predicted molar refractivity (Wildman–Crippen MR) is 60.5 cm³/mol. The highest BCUT2D eigenvalue weighted by atomic mass is 16.7. The summed E-state index contributed by atoms with van der Waals surface area (Å²) in [6, 6.07) is 9.48. The summed E-state index contributed by atoms with van der Waals surface area (Å²) >= 11 is 0. The molecular formula is C12H17NO2. The normalized spacial score (nSPS) is 13.3. The van der Waals surface area contributed by atoms with Gasteiger partial charge in [0.15, 0.2) is 6.29 Å². The van der Waals surface area contributed by atoms with Crippen molar-refractivity contribution in [3.63, 3.8) is 0 Å². The van der Waals surface area contributed by atoms with Gasteiger partial charge in [0.1, 0.15) is 6.10 Å². The minimum atomic E-state index is -0.460. The fraction of sp³-hybridized carbons (Fsp3) is 0.417. The maximum absolute atomic E-state index is 10.8. The molecule has 1 aromatic rings. The number of rotatable bonds is 4. The van der Waals surface area contributed by atoms with Gasteiger partial charge in [0.25, 0.3) is 0 Å². The Morgan fingerprint density at radius 2 is 1.87 bits per heavy atom. The van der Waals surface area contributed by atoms with Gasteiger partial charge in [0.05, 0.1) is 5.69 Å². The molecule has 15 heavy (non-hydrogen) atoms. The molecule has 0 aliphatic heterocycles. The first-order valence-electron chi connectivity index (χ1n) is 4.96. The van der Waals surface area contributed by atoms with Gasteiger partial charge in [0.2, 0.25) is 0 Å². The molecule has 0 amide bonds. The topological polar surface area (TPSA) is 38.3 Å². The molecule has 0 saturated heterocycles. The number of carbonyl (C=O) groups excluding carboxylic acids is 1. The van der Waals surface area contributed by atoms with Crippen LogP contribution in [0.3, 0.4) is 0 Å². The van der Waals surface area contributed by atoms with Crippen LogP contribution in [0.15, 0.2) is 30.3 Å². The van der Waals surface area contributed by atoms with Crippen molar-refractivity contribution in [2.45, 2.75) is 26.9 Å². The maximum atomic E-state index is 10.8. The van der Waals surface area contributed by atoms with Gasteiger partial charge in [-0.05, 0) is 17.5 Å². The lowest BCUT2D eigenvalue weighted by molar-refractivity contribution is -0.122. The maximum Gasteiger partial charge on any atom is 0.152 e. The van der Waals surface area contributed by atoms with E-state index < -0.39 is 6.10 Å². The van der Waals surface area contributed by atoms with Crippen LogP contribution in [-0.4, -0.2) is 12.4 Å². The summed E-state index contributed by atoms with van der Waals surface area (Å²) in [6.07, 6.45) is 0.355. The summed E-state index contributed by atoms with van der Waals surface area (Å²) in [4.78, 5) is 16.1. The average Bonchev–Trinajstić information content (AvgIpc) is 2.18. The fourth-order valence-corrected chi connectivity index (χ4v) is 1.05. The van der Waals surface area contributed by atoms with Crippen LogP contribution in [-0.2, 0) is 9.63 Å². The third kappa shape index (κ3) is 3.72. The van der Waals surface area contributed by atoms with Crippen LogP contribution >= 0.6 is 0 Å². The molecule has 0 aliphatic rings. The van der Waals surface area contributed by atoms with Crippen molar-refractivity contribution in [2.75, 3.05) is 5.48 Å². The van der Waals surface area contributed by atoms with Gasteiger partial charge in [0, 0.05) is 0 Å². The molecule has 0 unspecified atom stereocenters. The number of hydrogen-bond acceptors (Lipinski definition) is 3. The lowest BCUT2D eigenvalue weighted by atomic mass is 9.90. The molecule has 1 N–H and O–H groups in total. The standard InChI is InChI=1S/C12H17NO2/c1-12(2,3)11(9-14)15-13-10-7-5-4-6-8-10/h4-9,11,13H,1-3H3/t11-/m0/s1. The highest BCUT2D eigenvalue weighted by Gasteiger charge is 2.25. The van der Waals surface area contributed by atoms with E-state index in [1.54, 1.807) is 0 Å². The number of hydrogen-bond donors (Lipinski definition) is 1. The van der Waals surface area contributed by atoms with Gasteiger partial charge in [-0.1, -0.05) is 39.0 Å². The Labute approximate surface area is 90.4 Å². The monoisotopic (exact) mass is 207 g/mol. The van der Waals surface area contributed by atoms with E-state index in [0.717, 1.165) is 12.0 Å². The molecule has 0 aliphatic carbocycles. The third-order valence-corrected chi connectivity index (χ3v) is 2.05. The molecule has 3 nitrogen and oxygen atoms in total. The van der Waals surface area contributed by atoms with Crippen molar-refractivity contribution in [2.24, 2.45) is 5.41 Å². The number of nitrogens with one attached hydrogen (secondary N) is 1. The number of carbonyl (C=O) groups is 1. The number of aldehydes is 1. The Balaban J connectivity index is 2.52. The first kappa shape index (κ1) is 11.7. The number of benzene rings is 1. The zero-order valence-electron chi connectivity index (χ0n) is 9.36. The lowest BCUT2D eigenvalue weighted by Crippen LogP contribution is -2.32. The summed E-state index contributed by atoms with van der Waals surface area (Å²) in [5, 5.41) is 0. The van der Waals surface area contributed by atoms with Crippen molar-refractivity contribution < 1.29 is 9.63 Å². The van der Waals surface area contributed by atoms with E-state index in [1.807, 2.05) is 51.1 Å². The minimum Gasteiger partial charge on any atom is -0.300 e. The van der Waals surface area contributed by atoms with Crippen molar-refractivity contribution >= 4 is 12.0 Å². The Hall–Kier alpha value is -1.35. The molecule has 1 aromatic carbocycles. The van der Waals surface area contributed by atoms with E-state index in [-0.39, 0.29) is 5.41 Å². The molecule has 0 fully saturated rings. The van der Waals surface area contributed by atoms with Crippen LogP contribution in [0, 0.1) is 5.41 Å². The third-order valence-electron chi connectivity index (χ3n) is 2.05. The Morgan fingerprint density at radius 3 is 2.33 bits per heavy atom. The second-order valence-electron chi connectivity index (χ2n) is 4.51. The predicted octanol–water partition coefficient (Wildman–Crippen LogP) is 2.64. The molecular weight excluding hydrogens is 190 g/mol. The highest BCUT2D eigenvalue weighted by molar-refractivity contribution is 5.57. The average molecular weight is 207 g/mol. The van der Waals surface area contributed by atoms with E-state index in [9.17, 15) is 4.79 Å². The minimum absolute atomic E-state index is 0.205. The van der Waals surface area contributed by atoms with Crippen LogP contribution in [0.5, 0.6) is 0 Å². The van der Waals surface area contributed by atoms with Crippen molar-refractivity contribution in [3.05, 3.63) is 30.3 Å². The summed E-state index contributed by atoms with van der Waals surface area (Å²) in [6.45, 7) is 5.87. The van der Waals surface area contributed by atoms with E-state index in [0.29, 0.717) is 0 Å². The molecule has 0 aromatic heterocycles. The number of anilines is 1. The Bertz CT molecular complexity index is 303. The molecule has 0 radical (unpaired) electrons. The van der Waals surface area contributed by atoms with E-state index in [2.05, 4.69) is 5.48 Å². The molecule has 82 valence electrons.